The Morgan fingerprint density at radius 2 is 1.94 bits per heavy atom. The third-order valence-electron chi connectivity index (χ3n) is 3.31. The summed E-state index contributed by atoms with van der Waals surface area (Å²) >= 11 is 11.8. The minimum atomic E-state index is 0. The molecular formula is C14H17ClLiPS. The van der Waals surface area contributed by atoms with E-state index in [9.17, 15) is 0 Å². The Labute approximate surface area is 134 Å². The van der Waals surface area contributed by atoms with Gasteiger partial charge in [0.15, 0.2) is 0 Å². The standard InChI is InChI=1S/C14H17ClPS.Li/c1-10-6-5-9-12(15)13(10)14(17)16-11-7-3-2-4-8-11;/h5-6,9,11H,2-4,7-8H2,1H3;/q-1;+1. The van der Waals surface area contributed by atoms with E-state index in [0.29, 0.717) is 0 Å². The number of hydrogen-bond donors (Lipinski definition) is 0. The molecule has 18 heavy (non-hydrogen) atoms. The summed E-state index contributed by atoms with van der Waals surface area (Å²) < 4.78 is 1.03. The van der Waals surface area contributed by atoms with Crippen LogP contribution in [0.2, 0.25) is 5.02 Å². The smallest absolute Gasteiger partial charge is 0.490 e. The van der Waals surface area contributed by atoms with Crippen LogP contribution in [0.3, 0.4) is 0 Å². The summed E-state index contributed by atoms with van der Waals surface area (Å²) in [5.41, 5.74) is 3.05. The van der Waals surface area contributed by atoms with Gasteiger partial charge in [-0.15, -0.1) is 16.8 Å². The fraction of sp³-hybridized carbons (Fsp3) is 0.500. The maximum atomic E-state index is 6.25. The molecule has 0 spiro atoms. The maximum Gasteiger partial charge on any atom is 1.00 e. The molecule has 1 aliphatic carbocycles. The quantitative estimate of drug-likeness (QED) is 0.468. The van der Waals surface area contributed by atoms with E-state index in [0.717, 1.165) is 20.9 Å². The average molecular weight is 291 g/mol. The van der Waals surface area contributed by atoms with E-state index in [4.69, 9.17) is 23.8 Å². The van der Waals surface area contributed by atoms with Gasteiger partial charge < -0.3 is 8.58 Å². The van der Waals surface area contributed by atoms with Crippen molar-refractivity contribution >= 4 is 37.0 Å². The van der Waals surface area contributed by atoms with Gasteiger partial charge in [0.25, 0.3) is 0 Å². The second kappa shape index (κ2) is 8.04. The minimum absolute atomic E-state index is 0. The Kier molecular flexibility index (Phi) is 7.45. The molecule has 1 aliphatic rings. The molecule has 0 aromatic heterocycles. The third kappa shape index (κ3) is 4.33. The predicted octanol–water partition coefficient (Wildman–Crippen LogP) is 2.61. The van der Waals surface area contributed by atoms with Crippen LogP contribution in [-0.2, 0) is 0 Å². The van der Waals surface area contributed by atoms with Crippen molar-refractivity contribution in [2.45, 2.75) is 44.7 Å². The van der Waals surface area contributed by atoms with Crippen molar-refractivity contribution < 1.29 is 18.9 Å². The van der Waals surface area contributed by atoms with E-state index in [1.165, 1.54) is 46.2 Å². The molecule has 0 nitrogen and oxygen atoms in total. The number of thiocarbonyl (C=S) groups is 1. The van der Waals surface area contributed by atoms with Crippen molar-refractivity contribution in [3.05, 3.63) is 34.3 Å². The Hall–Kier alpha value is 0.627. The third-order valence-corrected chi connectivity index (χ3v) is 5.49. The Morgan fingerprint density at radius 3 is 2.56 bits per heavy atom. The second-order valence-electron chi connectivity index (χ2n) is 4.66. The molecule has 1 aromatic rings. The number of hydrogen-bond acceptors (Lipinski definition) is 1. The maximum absolute atomic E-state index is 6.25. The monoisotopic (exact) mass is 290 g/mol. The van der Waals surface area contributed by atoms with Crippen LogP contribution in [0.15, 0.2) is 18.2 Å². The summed E-state index contributed by atoms with van der Waals surface area (Å²) in [5.74, 6) is 0. The van der Waals surface area contributed by atoms with E-state index in [2.05, 4.69) is 13.0 Å². The van der Waals surface area contributed by atoms with Crippen molar-refractivity contribution in [3.63, 3.8) is 0 Å². The molecule has 4 heteroatoms. The zero-order valence-corrected chi connectivity index (χ0v) is 13.5. The molecule has 0 bridgehead atoms. The molecule has 0 saturated heterocycles. The molecule has 0 unspecified atom stereocenters. The molecule has 0 N–H and O–H groups in total. The van der Waals surface area contributed by atoms with Crippen molar-refractivity contribution in [1.29, 1.82) is 0 Å². The van der Waals surface area contributed by atoms with Crippen LogP contribution in [0.5, 0.6) is 0 Å². The van der Waals surface area contributed by atoms with Gasteiger partial charge >= 0.3 is 18.9 Å². The van der Waals surface area contributed by atoms with Gasteiger partial charge in [0, 0.05) is 5.02 Å². The molecule has 0 heterocycles. The summed E-state index contributed by atoms with van der Waals surface area (Å²) in [6.07, 6.45) is 6.77. The summed E-state index contributed by atoms with van der Waals surface area (Å²) in [4.78, 5) is 0. The Balaban J connectivity index is 0.00000162. The van der Waals surface area contributed by atoms with E-state index < -0.39 is 0 Å². The van der Waals surface area contributed by atoms with Crippen LogP contribution in [0.4, 0.5) is 0 Å². The van der Waals surface area contributed by atoms with Crippen molar-refractivity contribution in [3.8, 4) is 0 Å². The van der Waals surface area contributed by atoms with E-state index in [-0.39, 0.29) is 18.9 Å². The SMILES string of the molecule is Cc1cccc(Cl)c1C(=S)[P-]C1CCCCC1.[Li+]. The number of benzene rings is 1. The van der Waals surface area contributed by atoms with Gasteiger partial charge in [-0.05, 0) is 24.1 Å². The van der Waals surface area contributed by atoms with Crippen LogP contribution in [0.1, 0.15) is 43.2 Å². The minimum Gasteiger partial charge on any atom is -0.490 e. The first-order valence-corrected chi connectivity index (χ1v) is 7.94. The zero-order chi connectivity index (χ0) is 12.3. The van der Waals surface area contributed by atoms with Gasteiger partial charge in [0.05, 0.1) is 0 Å². The molecule has 0 amide bonds. The summed E-state index contributed by atoms with van der Waals surface area (Å²) in [7, 11) is 1.31. The number of halogens is 1. The van der Waals surface area contributed by atoms with Crippen LogP contribution in [0.25, 0.3) is 0 Å². The van der Waals surface area contributed by atoms with Crippen LogP contribution in [0, 0.1) is 6.92 Å². The fourth-order valence-corrected chi connectivity index (χ4v) is 4.88. The predicted molar refractivity (Wildman–Crippen MR) is 81.7 cm³/mol. The first-order chi connectivity index (χ1) is 8.18. The second-order valence-corrected chi connectivity index (χ2v) is 7.21. The Bertz CT molecular complexity index is 396. The molecule has 2 rings (SSSR count). The molecule has 0 atom stereocenters. The molecule has 1 fully saturated rings. The first kappa shape index (κ1) is 16.7. The first-order valence-electron chi connectivity index (χ1n) is 6.19. The molecule has 1 aromatic carbocycles. The molecule has 0 radical (unpaired) electrons. The topological polar surface area (TPSA) is 0 Å². The zero-order valence-electron chi connectivity index (χ0n) is 11.1. The van der Waals surface area contributed by atoms with Crippen LogP contribution in [-0.4, -0.2) is 10.3 Å². The van der Waals surface area contributed by atoms with E-state index in [1.54, 1.807) is 0 Å². The number of aryl methyl sites for hydroxylation is 1. The fourth-order valence-electron chi connectivity index (χ4n) is 2.34. The van der Waals surface area contributed by atoms with Gasteiger partial charge in [-0.1, -0.05) is 55.8 Å². The van der Waals surface area contributed by atoms with Crippen molar-refractivity contribution in [2.75, 3.05) is 0 Å². The van der Waals surface area contributed by atoms with Crippen molar-refractivity contribution in [1.82, 2.24) is 0 Å². The molecule has 0 aliphatic heterocycles. The normalized spacial score (nSPS) is 16.8. The van der Waals surface area contributed by atoms with E-state index in [1.807, 2.05) is 12.1 Å². The van der Waals surface area contributed by atoms with Gasteiger partial charge in [-0.2, -0.15) is 5.66 Å². The Morgan fingerprint density at radius 1 is 1.28 bits per heavy atom. The van der Waals surface area contributed by atoms with E-state index >= 15 is 0 Å². The summed E-state index contributed by atoms with van der Waals surface area (Å²) in [5, 5.41) is 0.804. The summed E-state index contributed by atoms with van der Waals surface area (Å²) in [6, 6.07) is 6.01. The molecule has 92 valence electrons. The van der Waals surface area contributed by atoms with Crippen molar-refractivity contribution in [2.24, 2.45) is 0 Å². The molecule has 1 saturated carbocycles. The molecular weight excluding hydrogens is 274 g/mol. The summed E-state index contributed by atoms with van der Waals surface area (Å²) in [6.45, 7) is 2.09. The van der Waals surface area contributed by atoms with Crippen LogP contribution >= 0.6 is 32.4 Å². The largest absolute Gasteiger partial charge is 1.00 e. The van der Waals surface area contributed by atoms with Gasteiger partial charge in [-0.3, -0.25) is 0 Å². The van der Waals surface area contributed by atoms with Gasteiger partial charge in [0.2, 0.25) is 0 Å². The van der Waals surface area contributed by atoms with Crippen LogP contribution < -0.4 is 18.9 Å². The van der Waals surface area contributed by atoms with Gasteiger partial charge in [0.1, 0.15) is 0 Å². The average Bonchev–Trinajstić information content (AvgIpc) is 2.30. The van der Waals surface area contributed by atoms with Gasteiger partial charge in [-0.25, -0.2) is 0 Å². The number of rotatable bonds is 3.